The quantitative estimate of drug-likeness (QED) is 0.278. The number of hydrogen-bond donors (Lipinski definition) is 6. The minimum atomic E-state index is -1.37. The largest absolute Gasteiger partial charge is 0.481 e. The Morgan fingerprint density at radius 3 is 2.27 bits per heavy atom. The summed E-state index contributed by atoms with van der Waals surface area (Å²) in [5.41, 5.74) is 5.71. The molecule has 0 spiro atoms. The second-order valence-electron chi connectivity index (χ2n) is 5.24. The van der Waals surface area contributed by atoms with Crippen LogP contribution in [0.5, 0.6) is 0 Å². The number of nitrogens with one attached hydrogen (secondary N) is 2. The van der Waals surface area contributed by atoms with Crippen LogP contribution in [0, 0.1) is 0 Å². The van der Waals surface area contributed by atoms with Crippen molar-refractivity contribution >= 4 is 23.9 Å². The van der Waals surface area contributed by atoms with Crippen LogP contribution in [0.3, 0.4) is 0 Å². The molecule has 1 aromatic rings. The third-order valence-corrected chi connectivity index (χ3v) is 3.14. The molecule has 0 saturated heterocycles. The van der Waals surface area contributed by atoms with Crippen LogP contribution in [-0.2, 0) is 20.9 Å². The molecule has 0 radical (unpaired) electrons. The van der Waals surface area contributed by atoms with E-state index in [1.54, 1.807) is 0 Å². The van der Waals surface area contributed by atoms with Gasteiger partial charge in [-0.1, -0.05) is 5.16 Å². The first kappa shape index (κ1) is 20.8. The molecular weight excluding hydrogens is 354 g/mol. The zero-order valence-electron chi connectivity index (χ0n) is 13.5. The highest BCUT2D eigenvalue weighted by molar-refractivity contribution is 5.82. The van der Waals surface area contributed by atoms with Crippen molar-refractivity contribution in [3.8, 4) is 0 Å². The van der Waals surface area contributed by atoms with Gasteiger partial charge in [0, 0.05) is 12.8 Å². The molecule has 2 amide bonds. The number of hydrogen-bond acceptors (Lipinski definition) is 8. The van der Waals surface area contributed by atoms with Gasteiger partial charge < -0.3 is 36.2 Å². The van der Waals surface area contributed by atoms with Gasteiger partial charge in [0.05, 0.1) is 12.6 Å². The third kappa shape index (κ3) is 7.57. The van der Waals surface area contributed by atoms with Gasteiger partial charge in [0.25, 0.3) is 0 Å². The van der Waals surface area contributed by atoms with Crippen LogP contribution in [-0.4, -0.2) is 55.4 Å². The predicted molar refractivity (Wildman–Crippen MR) is 81.8 cm³/mol. The van der Waals surface area contributed by atoms with Gasteiger partial charge in [-0.25, -0.2) is 9.59 Å². The summed E-state index contributed by atoms with van der Waals surface area (Å²) in [6.07, 6.45) is -0.759. The first-order chi connectivity index (χ1) is 12.2. The molecule has 13 heteroatoms. The molecule has 1 aromatic heterocycles. The summed E-state index contributed by atoms with van der Waals surface area (Å²) in [4.78, 5) is 47.5. The smallest absolute Gasteiger partial charge is 0.326 e. The summed E-state index contributed by atoms with van der Waals surface area (Å²) >= 11 is 0. The van der Waals surface area contributed by atoms with Crippen LogP contribution in [0.15, 0.2) is 4.52 Å². The van der Waals surface area contributed by atoms with Gasteiger partial charge in [0.2, 0.25) is 5.89 Å². The van der Waals surface area contributed by atoms with Crippen molar-refractivity contribution in [1.82, 2.24) is 20.8 Å². The monoisotopic (exact) mass is 373 g/mol. The van der Waals surface area contributed by atoms with Gasteiger partial charge in [-0.3, -0.25) is 9.59 Å². The average molecular weight is 373 g/mol. The molecule has 0 aromatic carbocycles. The van der Waals surface area contributed by atoms with Crippen molar-refractivity contribution in [2.45, 2.75) is 44.3 Å². The van der Waals surface area contributed by atoms with E-state index in [2.05, 4.69) is 20.8 Å². The maximum atomic E-state index is 11.7. The number of carbonyl (C=O) groups excluding carboxylic acids is 1. The topological polar surface area (TPSA) is 218 Å². The molecule has 7 N–H and O–H groups in total. The fraction of sp³-hybridized carbons (Fsp3) is 0.538. The van der Waals surface area contributed by atoms with Crippen LogP contribution in [0.2, 0.25) is 0 Å². The van der Waals surface area contributed by atoms with E-state index < -0.39 is 42.4 Å². The number of nitrogens with two attached hydrogens (primary N) is 1. The Bertz CT molecular complexity index is 661. The minimum absolute atomic E-state index is 0.0154. The zero-order chi connectivity index (χ0) is 19.7. The maximum absolute atomic E-state index is 11.7. The number of carboxylic acid groups (broad SMARTS) is 3. The summed E-state index contributed by atoms with van der Waals surface area (Å²) in [5.74, 6) is -3.51. The lowest BCUT2D eigenvalue weighted by Crippen LogP contribution is -2.46. The van der Waals surface area contributed by atoms with E-state index >= 15 is 0 Å². The van der Waals surface area contributed by atoms with E-state index in [9.17, 15) is 19.2 Å². The van der Waals surface area contributed by atoms with E-state index in [4.69, 9.17) is 25.6 Å². The standard InChI is InChI=1S/C13H19N5O8/c14-6(1-3-9(19)20)11-17-8(26-18-11)5-15-13(25)16-7(12(23)24)2-4-10(21)22/h6-7H,1-5,14H2,(H,19,20)(H,21,22)(H,23,24)(H2,15,16,25)/t6-,7-/m0/s1. The van der Waals surface area contributed by atoms with Crippen LogP contribution >= 0.6 is 0 Å². The average Bonchev–Trinajstić information content (AvgIpc) is 3.03. The lowest BCUT2D eigenvalue weighted by atomic mass is 10.1. The molecule has 2 atom stereocenters. The number of carbonyl (C=O) groups is 4. The van der Waals surface area contributed by atoms with Gasteiger partial charge in [0.15, 0.2) is 5.82 Å². The molecular formula is C13H19N5O8. The summed E-state index contributed by atoms with van der Waals surface area (Å²) in [7, 11) is 0. The van der Waals surface area contributed by atoms with E-state index in [1.165, 1.54) is 0 Å². The molecule has 0 fully saturated rings. The molecule has 26 heavy (non-hydrogen) atoms. The first-order valence-electron chi connectivity index (χ1n) is 7.47. The van der Waals surface area contributed by atoms with Crippen molar-refractivity contribution < 1.29 is 39.0 Å². The molecule has 1 rings (SSSR count). The zero-order valence-corrected chi connectivity index (χ0v) is 13.5. The van der Waals surface area contributed by atoms with Gasteiger partial charge in [0.1, 0.15) is 6.04 Å². The molecule has 0 aliphatic heterocycles. The highest BCUT2D eigenvalue weighted by atomic mass is 16.5. The van der Waals surface area contributed by atoms with Crippen molar-refractivity contribution in [2.24, 2.45) is 5.73 Å². The minimum Gasteiger partial charge on any atom is -0.481 e. The molecule has 0 bridgehead atoms. The molecule has 0 saturated carbocycles. The number of rotatable bonds is 11. The summed E-state index contributed by atoms with van der Waals surface area (Å²) in [6.45, 7) is -0.226. The maximum Gasteiger partial charge on any atom is 0.326 e. The van der Waals surface area contributed by atoms with Crippen molar-refractivity contribution in [2.75, 3.05) is 0 Å². The molecule has 0 unspecified atom stereocenters. The third-order valence-electron chi connectivity index (χ3n) is 3.14. The van der Waals surface area contributed by atoms with E-state index in [0.717, 1.165) is 0 Å². The summed E-state index contributed by atoms with van der Waals surface area (Å²) in [5, 5.41) is 34.1. The number of nitrogens with zero attached hydrogens (tertiary/aromatic N) is 2. The van der Waals surface area contributed by atoms with Crippen LogP contribution in [0.25, 0.3) is 0 Å². The fourth-order valence-corrected chi connectivity index (χ4v) is 1.79. The Kier molecular flexibility index (Phi) is 7.95. The SMILES string of the molecule is N[C@@H](CCC(=O)O)c1noc(CNC(=O)N[C@@H](CCC(=O)O)C(=O)O)n1. The number of amides is 2. The van der Waals surface area contributed by atoms with Crippen molar-refractivity contribution in [3.05, 3.63) is 11.7 Å². The Balaban J connectivity index is 2.47. The number of aliphatic carboxylic acids is 3. The highest BCUT2D eigenvalue weighted by Crippen LogP contribution is 2.12. The van der Waals surface area contributed by atoms with Gasteiger partial charge in [-0.15, -0.1) is 0 Å². The Labute approximate surface area is 146 Å². The lowest BCUT2D eigenvalue weighted by Gasteiger charge is -2.13. The molecule has 0 aliphatic rings. The van der Waals surface area contributed by atoms with E-state index in [0.29, 0.717) is 0 Å². The van der Waals surface area contributed by atoms with Gasteiger partial charge >= 0.3 is 23.9 Å². The number of carboxylic acids is 3. The molecule has 1 heterocycles. The normalized spacial score (nSPS) is 12.8. The second kappa shape index (κ2) is 9.93. The first-order valence-corrected chi connectivity index (χ1v) is 7.47. The van der Waals surface area contributed by atoms with Crippen LogP contribution in [0.4, 0.5) is 4.79 Å². The highest BCUT2D eigenvalue weighted by Gasteiger charge is 2.21. The van der Waals surface area contributed by atoms with Crippen molar-refractivity contribution in [3.63, 3.8) is 0 Å². The second-order valence-corrected chi connectivity index (χ2v) is 5.24. The predicted octanol–water partition coefficient (Wildman–Crippen LogP) is -0.949. The van der Waals surface area contributed by atoms with Crippen LogP contribution < -0.4 is 16.4 Å². The lowest BCUT2D eigenvalue weighted by molar-refractivity contribution is -0.141. The fourth-order valence-electron chi connectivity index (χ4n) is 1.79. The molecule has 144 valence electrons. The number of urea groups is 1. The summed E-state index contributed by atoms with van der Waals surface area (Å²) in [6, 6.07) is -2.98. The Morgan fingerprint density at radius 1 is 1.08 bits per heavy atom. The van der Waals surface area contributed by atoms with E-state index in [1.807, 2.05) is 0 Å². The number of aromatic nitrogens is 2. The summed E-state index contributed by atoms with van der Waals surface area (Å²) < 4.78 is 4.85. The van der Waals surface area contributed by atoms with Gasteiger partial charge in [-0.2, -0.15) is 4.98 Å². The van der Waals surface area contributed by atoms with E-state index in [-0.39, 0.29) is 37.5 Å². The van der Waals surface area contributed by atoms with Crippen molar-refractivity contribution in [1.29, 1.82) is 0 Å². The molecule has 0 aliphatic carbocycles. The molecule has 13 nitrogen and oxygen atoms in total. The van der Waals surface area contributed by atoms with Crippen LogP contribution in [0.1, 0.15) is 43.4 Å². The Hall–Kier alpha value is -3.22. The van der Waals surface area contributed by atoms with Gasteiger partial charge in [-0.05, 0) is 12.8 Å². The Morgan fingerprint density at radius 2 is 1.69 bits per heavy atom.